The van der Waals surface area contributed by atoms with Crippen LogP contribution in [0.5, 0.6) is 0 Å². The highest BCUT2D eigenvalue weighted by Crippen LogP contribution is 2.07. The van der Waals surface area contributed by atoms with Gasteiger partial charge in [-0.2, -0.15) is 5.10 Å². The first-order chi connectivity index (χ1) is 8.38. The first-order valence-electron chi connectivity index (χ1n) is 5.83. The van der Waals surface area contributed by atoms with Crippen LogP contribution in [-0.2, 0) is 13.1 Å². The summed E-state index contributed by atoms with van der Waals surface area (Å²) in [4.78, 5) is 2.31. The first-order valence-corrected chi connectivity index (χ1v) is 5.83. The van der Waals surface area contributed by atoms with E-state index in [2.05, 4.69) is 39.4 Å². The number of nitrogens with two attached hydrogens (primary N) is 1. The molecule has 0 bridgehead atoms. The standard InChI is InChI=1S/C13H18N4/c14-7-9-17(11-13-6-8-15-16-13)10-12-4-2-1-3-5-12/h1-6,8H,7,9-11,14H2,(H,15,16). The Balaban J connectivity index is 1.97. The fourth-order valence-electron chi connectivity index (χ4n) is 1.85. The monoisotopic (exact) mass is 230 g/mol. The van der Waals surface area contributed by atoms with Crippen molar-refractivity contribution >= 4 is 0 Å². The van der Waals surface area contributed by atoms with Crippen molar-refractivity contribution in [3.63, 3.8) is 0 Å². The quantitative estimate of drug-likeness (QED) is 0.788. The Hall–Kier alpha value is -1.65. The maximum Gasteiger partial charge on any atom is 0.0492 e. The molecule has 1 aromatic carbocycles. The number of aromatic nitrogens is 2. The van der Waals surface area contributed by atoms with Crippen LogP contribution < -0.4 is 5.73 Å². The molecule has 0 aliphatic heterocycles. The van der Waals surface area contributed by atoms with Gasteiger partial charge in [0.15, 0.2) is 0 Å². The number of aromatic amines is 1. The summed E-state index contributed by atoms with van der Waals surface area (Å²) in [7, 11) is 0. The molecule has 90 valence electrons. The van der Waals surface area contributed by atoms with Crippen molar-refractivity contribution in [2.45, 2.75) is 13.1 Å². The highest BCUT2D eigenvalue weighted by atomic mass is 15.2. The van der Waals surface area contributed by atoms with Crippen LogP contribution in [0.15, 0.2) is 42.6 Å². The average Bonchev–Trinajstić information content (AvgIpc) is 2.83. The summed E-state index contributed by atoms with van der Waals surface area (Å²) in [6.45, 7) is 3.32. The van der Waals surface area contributed by atoms with E-state index < -0.39 is 0 Å². The average molecular weight is 230 g/mol. The van der Waals surface area contributed by atoms with Crippen LogP contribution in [0.3, 0.4) is 0 Å². The van der Waals surface area contributed by atoms with Crippen LogP contribution >= 0.6 is 0 Å². The molecule has 0 saturated carbocycles. The van der Waals surface area contributed by atoms with Crippen molar-refractivity contribution < 1.29 is 0 Å². The molecule has 0 fully saturated rings. The summed E-state index contributed by atoms with van der Waals surface area (Å²) in [6, 6.07) is 12.4. The fourth-order valence-corrected chi connectivity index (χ4v) is 1.85. The molecular weight excluding hydrogens is 212 g/mol. The molecule has 3 N–H and O–H groups in total. The first kappa shape index (κ1) is 11.8. The molecule has 4 nitrogen and oxygen atoms in total. The molecular formula is C13H18N4. The van der Waals surface area contributed by atoms with Gasteiger partial charge in [-0.15, -0.1) is 0 Å². The molecule has 0 radical (unpaired) electrons. The van der Waals surface area contributed by atoms with Crippen molar-refractivity contribution in [3.8, 4) is 0 Å². The molecule has 0 saturated heterocycles. The number of benzene rings is 1. The number of H-pyrrole nitrogens is 1. The second-order valence-electron chi connectivity index (χ2n) is 4.07. The number of nitrogens with zero attached hydrogens (tertiary/aromatic N) is 2. The van der Waals surface area contributed by atoms with E-state index in [4.69, 9.17) is 5.73 Å². The van der Waals surface area contributed by atoms with E-state index in [1.54, 1.807) is 6.20 Å². The van der Waals surface area contributed by atoms with E-state index in [1.807, 2.05) is 12.1 Å². The SMILES string of the molecule is NCCN(Cc1ccccc1)Cc1ccn[nH]1. The lowest BCUT2D eigenvalue weighted by molar-refractivity contribution is 0.261. The second-order valence-corrected chi connectivity index (χ2v) is 4.07. The zero-order valence-electron chi connectivity index (χ0n) is 9.84. The van der Waals surface area contributed by atoms with Gasteiger partial charge in [-0.25, -0.2) is 0 Å². The van der Waals surface area contributed by atoms with E-state index in [0.717, 1.165) is 25.3 Å². The molecule has 0 unspecified atom stereocenters. The van der Waals surface area contributed by atoms with Gasteiger partial charge < -0.3 is 5.73 Å². The summed E-state index contributed by atoms with van der Waals surface area (Å²) < 4.78 is 0. The Morgan fingerprint density at radius 3 is 2.59 bits per heavy atom. The molecule has 2 rings (SSSR count). The van der Waals surface area contributed by atoms with Crippen LogP contribution in [-0.4, -0.2) is 28.2 Å². The summed E-state index contributed by atoms with van der Waals surface area (Å²) in [5.41, 5.74) is 8.07. The smallest absolute Gasteiger partial charge is 0.0492 e. The van der Waals surface area contributed by atoms with Gasteiger partial charge in [-0.3, -0.25) is 10.00 Å². The van der Waals surface area contributed by atoms with E-state index in [9.17, 15) is 0 Å². The van der Waals surface area contributed by atoms with Gasteiger partial charge in [0.1, 0.15) is 0 Å². The summed E-state index contributed by atoms with van der Waals surface area (Å²) in [5, 5.41) is 6.94. The van der Waals surface area contributed by atoms with E-state index >= 15 is 0 Å². The molecule has 2 aromatic rings. The van der Waals surface area contributed by atoms with Crippen LogP contribution in [0.2, 0.25) is 0 Å². The molecule has 1 heterocycles. The number of rotatable bonds is 6. The maximum absolute atomic E-state index is 5.64. The van der Waals surface area contributed by atoms with Crippen LogP contribution in [0, 0.1) is 0 Å². The highest BCUT2D eigenvalue weighted by molar-refractivity contribution is 5.14. The fraction of sp³-hybridized carbons (Fsp3) is 0.308. The summed E-state index contributed by atoms with van der Waals surface area (Å²) in [6.07, 6.45) is 1.78. The van der Waals surface area contributed by atoms with Gasteiger partial charge in [0, 0.05) is 38.1 Å². The second kappa shape index (κ2) is 6.18. The zero-order chi connectivity index (χ0) is 11.9. The maximum atomic E-state index is 5.64. The van der Waals surface area contributed by atoms with Crippen LogP contribution in [0.25, 0.3) is 0 Å². The molecule has 0 aliphatic rings. The van der Waals surface area contributed by atoms with E-state index in [1.165, 1.54) is 5.56 Å². The van der Waals surface area contributed by atoms with Crippen molar-refractivity contribution in [1.82, 2.24) is 15.1 Å². The number of hydrogen-bond acceptors (Lipinski definition) is 3. The molecule has 0 spiro atoms. The third-order valence-electron chi connectivity index (χ3n) is 2.65. The molecule has 0 atom stereocenters. The van der Waals surface area contributed by atoms with E-state index in [0.29, 0.717) is 6.54 Å². The van der Waals surface area contributed by atoms with Crippen LogP contribution in [0.1, 0.15) is 11.3 Å². The lowest BCUT2D eigenvalue weighted by atomic mass is 10.2. The molecule has 4 heteroatoms. The van der Waals surface area contributed by atoms with Gasteiger partial charge >= 0.3 is 0 Å². The predicted molar refractivity (Wildman–Crippen MR) is 68.2 cm³/mol. The normalized spacial score (nSPS) is 10.9. The van der Waals surface area contributed by atoms with Gasteiger partial charge in [0.05, 0.1) is 0 Å². The zero-order valence-corrected chi connectivity index (χ0v) is 9.84. The van der Waals surface area contributed by atoms with Crippen LogP contribution in [0.4, 0.5) is 0 Å². The minimum Gasteiger partial charge on any atom is -0.329 e. The lowest BCUT2D eigenvalue weighted by Gasteiger charge is -2.20. The summed E-state index contributed by atoms with van der Waals surface area (Å²) in [5.74, 6) is 0. The third kappa shape index (κ3) is 3.69. The number of hydrogen-bond donors (Lipinski definition) is 2. The van der Waals surface area contributed by atoms with Gasteiger partial charge in [0.25, 0.3) is 0 Å². The van der Waals surface area contributed by atoms with Gasteiger partial charge in [-0.1, -0.05) is 30.3 Å². The number of nitrogens with one attached hydrogen (secondary N) is 1. The van der Waals surface area contributed by atoms with E-state index in [-0.39, 0.29) is 0 Å². The highest BCUT2D eigenvalue weighted by Gasteiger charge is 2.06. The predicted octanol–water partition coefficient (Wildman–Crippen LogP) is 1.37. The summed E-state index contributed by atoms with van der Waals surface area (Å²) >= 11 is 0. The van der Waals surface area contributed by atoms with Crippen molar-refractivity contribution in [1.29, 1.82) is 0 Å². The Kier molecular flexibility index (Phi) is 4.30. The van der Waals surface area contributed by atoms with Crippen molar-refractivity contribution in [3.05, 3.63) is 53.9 Å². The Morgan fingerprint density at radius 1 is 1.12 bits per heavy atom. The minimum absolute atomic E-state index is 0.668. The topological polar surface area (TPSA) is 57.9 Å². The van der Waals surface area contributed by atoms with Gasteiger partial charge in [-0.05, 0) is 11.6 Å². The molecule has 17 heavy (non-hydrogen) atoms. The molecule has 0 aliphatic carbocycles. The lowest BCUT2D eigenvalue weighted by Crippen LogP contribution is -2.28. The minimum atomic E-state index is 0.668. The Morgan fingerprint density at radius 2 is 1.94 bits per heavy atom. The largest absolute Gasteiger partial charge is 0.329 e. The van der Waals surface area contributed by atoms with Crippen molar-refractivity contribution in [2.75, 3.05) is 13.1 Å². The Bertz CT molecular complexity index is 410. The molecule has 0 amide bonds. The van der Waals surface area contributed by atoms with Gasteiger partial charge in [0.2, 0.25) is 0 Å². The Labute approximate surface area is 101 Å². The molecule has 1 aromatic heterocycles. The third-order valence-corrected chi connectivity index (χ3v) is 2.65. The van der Waals surface area contributed by atoms with Crippen molar-refractivity contribution in [2.24, 2.45) is 5.73 Å².